The molecule has 31 heavy (non-hydrogen) atoms. The van der Waals surface area contributed by atoms with Crippen molar-refractivity contribution in [3.8, 4) is 0 Å². The topological polar surface area (TPSA) is 134 Å². The number of esters is 3. The first-order chi connectivity index (χ1) is 13.8. The lowest BCUT2D eigenvalue weighted by atomic mass is 10.1. The van der Waals surface area contributed by atoms with E-state index in [0.29, 0.717) is 0 Å². The van der Waals surface area contributed by atoms with Gasteiger partial charge in [0.15, 0.2) is 0 Å². The Labute approximate surface area is 185 Å². The highest BCUT2D eigenvalue weighted by Gasteiger charge is 2.29. The number of hydrogen-bond donors (Lipinski definition) is 2. The fraction of sp³-hybridized carbons (Fsp3) is 0.818. The molecule has 0 saturated carbocycles. The zero-order valence-electron chi connectivity index (χ0n) is 20.4. The summed E-state index contributed by atoms with van der Waals surface area (Å²) in [5.74, 6) is -2.23. The molecule has 0 fully saturated rings. The molecule has 180 valence electrons. The van der Waals surface area contributed by atoms with Crippen LogP contribution in [0.2, 0.25) is 0 Å². The molecule has 0 unspecified atom stereocenters. The summed E-state index contributed by atoms with van der Waals surface area (Å²) in [5.41, 5.74) is 3.70. The highest BCUT2D eigenvalue weighted by Crippen LogP contribution is 2.14. The molecule has 0 spiro atoms. The SMILES string of the molecule is CC(C)(C)OC(=O)CC[C@@H](NC(=O)CC[C@H](N)C(=O)OC(C)(C)C)C(=O)OC(C)(C)C. The molecule has 0 rings (SSSR count). The molecule has 0 aromatic heterocycles. The summed E-state index contributed by atoms with van der Waals surface area (Å²) in [6.45, 7) is 15.5. The minimum atomic E-state index is -1.03. The Morgan fingerprint density at radius 2 is 1.16 bits per heavy atom. The van der Waals surface area contributed by atoms with Crippen LogP contribution in [0, 0.1) is 0 Å². The van der Waals surface area contributed by atoms with Gasteiger partial charge in [0, 0.05) is 12.8 Å². The first-order valence-electron chi connectivity index (χ1n) is 10.5. The Kier molecular flexibility index (Phi) is 10.7. The quantitative estimate of drug-likeness (QED) is 0.409. The highest BCUT2D eigenvalue weighted by molar-refractivity contribution is 5.85. The van der Waals surface area contributed by atoms with E-state index in [9.17, 15) is 19.2 Å². The van der Waals surface area contributed by atoms with Gasteiger partial charge >= 0.3 is 17.9 Å². The fourth-order valence-corrected chi connectivity index (χ4v) is 2.32. The molecule has 0 aliphatic heterocycles. The number of hydrogen-bond acceptors (Lipinski definition) is 8. The van der Waals surface area contributed by atoms with E-state index in [1.165, 1.54) is 0 Å². The molecule has 0 saturated heterocycles. The molecular formula is C22H40N2O7. The van der Waals surface area contributed by atoms with Crippen molar-refractivity contribution in [1.29, 1.82) is 0 Å². The van der Waals surface area contributed by atoms with Crippen LogP contribution in [0.5, 0.6) is 0 Å². The largest absolute Gasteiger partial charge is 0.460 e. The van der Waals surface area contributed by atoms with Gasteiger partial charge in [-0.2, -0.15) is 0 Å². The van der Waals surface area contributed by atoms with E-state index < -0.39 is 52.7 Å². The van der Waals surface area contributed by atoms with Gasteiger partial charge in [0.1, 0.15) is 28.9 Å². The lowest BCUT2D eigenvalue weighted by Crippen LogP contribution is -2.45. The van der Waals surface area contributed by atoms with Crippen molar-refractivity contribution in [2.24, 2.45) is 5.73 Å². The average molecular weight is 445 g/mol. The second-order valence-corrected chi connectivity index (χ2v) is 10.5. The summed E-state index contributed by atoms with van der Waals surface area (Å²) in [7, 11) is 0. The van der Waals surface area contributed by atoms with Crippen LogP contribution in [0.15, 0.2) is 0 Å². The normalized spacial score (nSPS) is 14.3. The number of carbonyl (C=O) groups excluding carboxylic acids is 4. The number of nitrogens with one attached hydrogen (secondary N) is 1. The Hall–Kier alpha value is -2.16. The van der Waals surface area contributed by atoms with E-state index in [2.05, 4.69) is 5.32 Å². The fourth-order valence-electron chi connectivity index (χ4n) is 2.32. The van der Waals surface area contributed by atoms with Crippen LogP contribution >= 0.6 is 0 Å². The molecule has 0 heterocycles. The van der Waals surface area contributed by atoms with Crippen molar-refractivity contribution in [2.45, 2.75) is 117 Å². The van der Waals surface area contributed by atoms with Gasteiger partial charge in [-0.3, -0.25) is 14.4 Å². The summed E-state index contributed by atoms with van der Waals surface area (Å²) in [4.78, 5) is 48.8. The van der Waals surface area contributed by atoms with Crippen LogP contribution in [-0.4, -0.2) is 52.7 Å². The van der Waals surface area contributed by atoms with Gasteiger partial charge in [-0.15, -0.1) is 0 Å². The molecule has 0 aliphatic carbocycles. The van der Waals surface area contributed by atoms with E-state index in [-0.39, 0.29) is 25.7 Å². The maximum atomic E-state index is 12.5. The minimum Gasteiger partial charge on any atom is -0.460 e. The number of ether oxygens (including phenoxy) is 3. The first kappa shape index (κ1) is 28.8. The first-order valence-corrected chi connectivity index (χ1v) is 10.5. The lowest BCUT2D eigenvalue weighted by Gasteiger charge is -2.25. The number of amides is 1. The highest BCUT2D eigenvalue weighted by atomic mass is 16.6. The van der Waals surface area contributed by atoms with Crippen LogP contribution < -0.4 is 11.1 Å². The molecule has 0 radical (unpaired) electrons. The van der Waals surface area contributed by atoms with E-state index >= 15 is 0 Å². The van der Waals surface area contributed by atoms with Gasteiger partial charge in [0.05, 0.1) is 0 Å². The molecule has 0 aliphatic rings. The number of rotatable bonds is 9. The Morgan fingerprint density at radius 1 is 0.710 bits per heavy atom. The standard InChI is InChI=1S/C22H40N2O7/c1-20(2,3)29-17(26)13-11-15(19(28)31-22(7,8)9)24-16(25)12-10-14(23)18(27)30-21(4,5)6/h14-15H,10-13,23H2,1-9H3,(H,24,25)/t14-,15+/m0/s1. The molecule has 2 atom stereocenters. The summed E-state index contributed by atoms with van der Waals surface area (Å²) < 4.78 is 15.8. The maximum Gasteiger partial charge on any atom is 0.329 e. The summed E-state index contributed by atoms with van der Waals surface area (Å²) in [6, 6.07) is -2.00. The third-order valence-electron chi connectivity index (χ3n) is 3.48. The van der Waals surface area contributed by atoms with Crippen LogP contribution in [0.4, 0.5) is 0 Å². The molecule has 3 N–H and O–H groups in total. The van der Waals surface area contributed by atoms with Crippen LogP contribution in [0.1, 0.15) is 88.0 Å². The molecule has 9 nitrogen and oxygen atoms in total. The van der Waals surface area contributed by atoms with E-state index in [0.717, 1.165) is 0 Å². The van der Waals surface area contributed by atoms with Crippen molar-refractivity contribution >= 4 is 23.8 Å². The number of nitrogens with two attached hydrogens (primary N) is 1. The van der Waals surface area contributed by atoms with Crippen molar-refractivity contribution in [1.82, 2.24) is 5.32 Å². The smallest absolute Gasteiger partial charge is 0.329 e. The third-order valence-corrected chi connectivity index (χ3v) is 3.48. The van der Waals surface area contributed by atoms with Crippen LogP contribution in [-0.2, 0) is 33.4 Å². The zero-order valence-corrected chi connectivity index (χ0v) is 20.4. The van der Waals surface area contributed by atoms with E-state index in [1.807, 2.05) is 0 Å². The molecule has 0 bridgehead atoms. The third kappa shape index (κ3) is 15.3. The van der Waals surface area contributed by atoms with Crippen LogP contribution in [0.3, 0.4) is 0 Å². The minimum absolute atomic E-state index is 0.0215. The van der Waals surface area contributed by atoms with Crippen molar-refractivity contribution in [2.75, 3.05) is 0 Å². The molecule has 0 aromatic carbocycles. The Morgan fingerprint density at radius 3 is 1.61 bits per heavy atom. The van der Waals surface area contributed by atoms with Crippen molar-refractivity contribution in [3.63, 3.8) is 0 Å². The van der Waals surface area contributed by atoms with E-state index in [4.69, 9.17) is 19.9 Å². The lowest BCUT2D eigenvalue weighted by molar-refractivity contribution is -0.161. The second kappa shape index (κ2) is 11.5. The Balaban J connectivity index is 4.93. The van der Waals surface area contributed by atoms with Gasteiger partial charge in [-0.25, -0.2) is 4.79 Å². The van der Waals surface area contributed by atoms with Gasteiger partial charge in [-0.05, 0) is 75.2 Å². The molecule has 0 aromatic rings. The summed E-state index contributed by atoms with van der Waals surface area (Å²) >= 11 is 0. The molecule has 1 amide bonds. The Bertz CT molecular complexity index is 640. The van der Waals surface area contributed by atoms with Gasteiger partial charge in [-0.1, -0.05) is 0 Å². The molecular weight excluding hydrogens is 404 g/mol. The van der Waals surface area contributed by atoms with Crippen molar-refractivity contribution in [3.05, 3.63) is 0 Å². The summed E-state index contributed by atoms with van der Waals surface area (Å²) in [6.07, 6.45) is -0.0907. The molecule has 9 heteroatoms. The predicted octanol–water partition coefficient (Wildman–Crippen LogP) is 2.38. The van der Waals surface area contributed by atoms with Crippen LogP contribution in [0.25, 0.3) is 0 Å². The number of carbonyl (C=O) groups is 4. The van der Waals surface area contributed by atoms with Gasteiger partial charge < -0.3 is 25.3 Å². The van der Waals surface area contributed by atoms with Gasteiger partial charge in [0.2, 0.25) is 5.91 Å². The van der Waals surface area contributed by atoms with Crippen molar-refractivity contribution < 1.29 is 33.4 Å². The summed E-state index contributed by atoms with van der Waals surface area (Å²) in [5, 5.41) is 2.57. The maximum absolute atomic E-state index is 12.5. The second-order valence-electron chi connectivity index (χ2n) is 10.5. The van der Waals surface area contributed by atoms with E-state index in [1.54, 1.807) is 62.3 Å². The average Bonchev–Trinajstić information content (AvgIpc) is 2.51. The predicted molar refractivity (Wildman–Crippen MR) is 116 cm³/mol. The monoisotopic (exact) mass is 444 g/mol. The zero-order chi connectivity index (χ0) is 24.6. The van der Waals surface area contributed by atoms with Gasteiger partial charge in [0.25, 0.3) is 0 Å².